The summed E-state index contributed by atoms with van der Waals surface area (Å²) in [6.45, 7) is 9.94. The fourth-order valence-corrected chi connectivity index (χ4v) is 2.84. The summed E-state index contributed by atoms with van der Waals surface area (Å²) in [5.74, 6) is 0. The van der Waals surface area contributed by atoms with Crippen molar-refractivity contribution in [3.05, 3.63) is 30.3 Å². The van der Waals surface area contributed by atoms with Crippen LogP contribution in [0.15, 0.2) is 30.3 Å². The number of benzene rings is 1. The Hall–Kier alpha value is -1.13. The van der Waals surface area contributed by atoms with E-state index in [1.165, 1.54) is 5.69 Å². The average Bonchev–Trinajstić information content (AvgIpc) is 2.48. The molecule has 0 aliphatic carbocycles. The predicted molar refractivity (Wildman–Crippen MR) is 94.9 cm³/mol. The van der Waals surface area contributed by atoms with Crippen LogP contribution in [-0.4, -0.2) is 42.6 Å². The normalized spacial score (nSPS) is 17.0. The number of hydrogen-bond acceptors (Lipinski definition) is 3. The maximum Gasteiger partial charge on any atom is 0.0784 e. The van der Waals surface area contributed by atoms with Crippen LogP contribution in [0.4, 0.5) is 5.69 Å². The van der Waals surface area contributed by atoms with Gasteiger partial charge in [0.2, 0.25) is 0 Å². The van der Waals surface area contributed by atoms with Crippen molar-refractivity contribution in [3.8, 4) is 0 Å². The van der Waals surface area contributed by atoms with E-state index in [4.69, 9.17) is 18.0 Å². The first-order valence-electron chi connectivity index (χ1n) is 7.81. The van der Waals surface area contributed by atoms with E-state index in [2.05, 4.69) is 54.0 Å². The lowest BCUT2D eigenvalue weighted by Gasteiger charge is -2.36. The SMILES string of the molecule is CC(C)(CCCN1CCN(c2ccccc2)CC1)C(N)=S. The Morgan fingerprint density at radius 3 is 2.33 bits per heavy atom. The van der Waals surface area contributed by atoms with E-state index in [1.807, 2.05) is 0 Å². The van der Waals surface area contributed by atoms with Crippen LogP contribution in [0.25, 0.3) is 0 Å². The maximum atomic E-state index is 5.78. The molecule has 1 aliphatic rings. The third-order valence-corrected chi connectivity index (χ3v) is 4.99. The topological polar surface area (TPSA) is 32.5 Å². The average molecular weight is 305 g/mol. The van der Waals surface area contributed by atoms with Crippen LogP contribution < -0.4 is 10.6 Å². The maximum absolute atomic E-state index is 5.78. The Bertz CT molecular complexity index is 450. The fraction of sp³-hybridized carbons (Fsp3) is 0.588. The molecule has 4 heteroatoms. The summed E-state index contributed by atoms with van der Waals surface area (Å²) >= 11 is 5.13. The highest BCUT2D eigenvalue weighted by Crippen LogP contribution is 2.23. The molecule has 1 aromatic rings. The van der Waals surface area contributed by atoms with Gasteiger partial charge in [-0.1, -0.05) is 44.3 Å². The summed E-state index contributed by atoms with van der Waals surface area (Å²) in [7, 11) is 0. The van der Waals surface area contributed by atoms with Gasteiger partial charge < -0.3 is 10.6 Å². The number of para-hydroxylation sites is 1. The van der Waals surface area contributed by atoms with Crippen molar-refractivity contribution < 1.29 is 0 Å². The second-order valence-electron chi connectivity index (χ2n) is 6.52. The predicted octanol–water partition coefficient (Wildman–Crippen LogP) is 2.90. The van der Waals surface area contributed by atoms with Gasteiger partial charge >= 0.3 is 0 Å². The molecule has 1 saturated heterocycles. The van der Waals surface area contributed by atoms with Crippen molar-refractivity contribution in [1.82, 2.24) is 4.90 Å². The molecule has 116 valence electrons. The zero-order valence-corrected chi connectivity index (χ0v) is 14.0. The molecule has 2 rings (SSSR count). The first-order valence-corrected chi connectivity index (χ1v) is 8.22. The van der Waals surface area contributed by atoms with E-state index in [0.29, 0.717) is 4.99 Å². The lowest BCUT2D eigenvalue weighted by molar-refractivity contribution is 0.244. The summed E-state index contributed by atoms with van der Waals surface area (Å²) in [5.41, 5.74) is 7.11. The monoisotopic (exact) mass is 305 g/mol. The third-order valence-electron chi connectivity index (χ3n) is 4.44. The number of nitrogens with two attached hydrogens (primary N) is 1. The van der Waals surface area contributed by atoms with Crippen LogP contribution >= 0.6 is 12.2 Å². The molecule has 0 aromatic heterocycles. The summed E-state index contributed by atoms with van der Waals surface area (Å²) < 4.78 is 0. The molecular weight excluding hydrogens is 278 g/mol. The molecule has 1 heterocycles. The molecule has 0 saturated carbocycles. The van der Waals surface area contributed by atoms with Gasteiger partial charge in [-0.05, 0) is 31.5 Å². The highest BCUT2D eigenvalue weighted by atomic mass is 32.1. The van der Waals surface area contributed by atoms with E-state index in [-0.39, 0.29) is 5.41 Å². The second kappa shape index (κ2) is 7.23. The number of thiocarbonyl (C=S) groups is 1. The van der Waals surface area contributed by atoms with Crippen molar-refractivity contribution in [2.45, 2.75) is 26.7 Å². The molecule has 1 fully saturated rings. The van der Waals surface area contributed by atoms with Crippen molar-refractivity contribution in [2.24, 2.45) is 11.1 Å². The van der Waals surface area contributed by atoms with Crippen LogP contribution in [0.1, 0.15) is 26.7 Å². The van der Waals surface area contributed by atoms with Crippen LogP contribution in [0.2, 0.25) is 0 Å². The minimum Gasteiger partial charge on any atom is -0.393 e. The van der Waals surface area contributed by atoms with Crippen molar-refractivity contribution >= 4 is 22.9 Å². The van der Waals surface area contributed by atoms with E-state index in [0.717, 1.165) is 45.6 Å². The smallest absolute Gasteiger partial charge is 0.0784 e. The minimum atomic E-state index is -0.0127. The van der Waals surface area contributed by atoms with Gasteiger partial charge in [0.25, 0.3) is 0 Å². The second-order valence-corrected chi connectivity index (χ2v) is 6.96. The Morgan fingerprint density at radius 1 is 1.14 bits per heavy atom. The van der Waals surface area contributed by atoms with Crippen molar-refractivity contribution in [1.29, 1.82) is 0 Å². The van der Waals surface area contributed by atoms with E-state index in [1.54, 1.807) is 0 Å². The standard InChI is InChI=1S/C17H27N3S/c1-17(2,16(18)21)9-6-10-19-11-13-20(14-12-19)15-7-4-3-5-8-15/h3-5,7-8H,6,9-14H2,1-2H3,(H2,18,21). The zero-order chi connectivity index (χ0) is 15.3. The van der Waals surface area contributed by atoms with Crippen LogP contribution in [0, 0.1) is 5.41 Å². The Labute approximate surface area is 134 Å². The number of piperazine rings is 1. The van der Waals surface area contributed by atoms with Gasteiger partial charge in [0.05, 0.1) is 4.99 Å². The minimum absolute atomic E-state index is 0.0127. The Balaban J connectivity index is 1.71. The third kappa shape index (κ3) is 4.68. The molecule has 0 radical (unpaired) electrons. The largest absolute Gasteiger partial charge is 0.393 e. The van der Waals surface area contributed by atoms with Crippen molar-refractivity contribution in [2.75, 3.05) is 37.6 Å². The number of hydrogen-bond donors (Lipinski definition) is 1. The summed E-state index contributed by atoms with van der Waals surface area (Å²) in [6, 6.07) is 10.7. The molecule has 1 aromatic carbocycles. The fourth-order valence-electron chi connectivity index (χ4n) is 2.74. The summed E-state index contributed by atoms with van der Waals surface area (Å²) in [6.07, 6.45) is 2.23. The van der Waals surface area contributed by atoms with Crippen LogP contribution in [0.3, 0.4) is 0 Å². The lowest BCUT2D eigenvalue weighted by Crippen LogP contribution is -2.46. The molecule has 3 nitrogen and oxygen atoms in total. The first-order chi connectivity index (χ1) is 9.99. The Morgan fingerprint density at radius 2 is 1.76 bits per heavy atom. The molecule has 1 aliphatic heterocycles. The number of nitrogens with zero attached hydrogens (tertiary/aromatic N) is 2. The van der Waals surface area contributed by atoms with E-state index >= 15 is 0 Å². The molecule has 0 unspecified atom stereocenters. The lowest BCUT2D eigenvalue weighted by atomic mass is 9.88. The molecule has 0 spiro atoms. The zero-order valence-electron chi connectivity index (χ0n) is 13.2. The number of anilines is 1. The van der Waals surface area contributed by atoms with Gasteiger partial charge in [-0.3, -0.25) is 4.90 Å². The highest BCUT2D eigenvalue weighted by Gasteiger charge is 2.22. The van der Waals surface area contributed by atoms with Crippen LogP contribution in [-0.2, 0) is 0 Å². The van der Waals surface area contributed by atoms with Gasteiger partial charge in [0.15, 0.2) is 0 Å². The van der Waals surface area contributed by atoms with Gasteiger partial charge in [0, 0.05) is 37.3 Å². The number of rotatable bonds is 6. The van der Waals surface area contributed by atoms with Gasteiger partial charge in [-0.2, -0.15) is 0 Å². The molecular formula is C17H27N3S. The molecule has 21 heavy (non-hydrogen) atoms. The van der Waals surface area contributed by atoms with Crippen molar-refractivity contribution in [3.63, 3.8) is 0 Å². The molecule has 2 N–H and O–H groups in total. The van der Waals surface area contributed by atoms with Gasteiger partial charge in [0.1, 0.15) is 0 Å². The summed E-state index contributed by atoms with van der Waals surface area (Å²) in [4.78, 5) is 5.65. The molecule has 0 atom stereocenters. The van der Waals surface area contributed by atoms with Gasteiger partial charge in [-0.15, -0.1) is 0 Å². The first kappa shape index (κ1) is 16.2. The van der Waals surface area contributed by atoms with Crippen LogP contribution in [0.5, 0.6) is 0 Å². The molecule has 0 bridgehead atoms. The Kier molecular flexibility index (Phi) is 5.59. The van der Waals surface area contributed by atoms with E-state index < -0.39 is 0 Å². The van der Waals surface area contributed by atoms with Gasteiger partial charge in [-0.25, -0.2) is 0 Å². The highest BCUT2D eigenvalue weighted by molar-refractivity contribution is 7.80. The van der Waals surface area contributed by atoms with E-state index in [9.17, 15) is 0 Å². The summed E-state index contributed by atoms with van der Waals surface area (Å²) in [5, 5.41) is 0. The molecule has 0 amide bonds. The quantitative estimate of drug-likeness (QED) is 0.819.